The van der Waals surface area contributed by atoms with E-state index >= 15 is 0 Å². The summed E-state index contributed by atoms with van der Waals surface area (Å²) in [5, 5.41) is 4.81. The van der Waals surface area contributed by atoms with Crippen molar-refractivity contribution in [2.24, 2.45) is 0 Å². The molecule has 1 aromatic heterocycles. The summed E-state index contributed by atoms with van der Waals surface area (Å²) in [5.74, 6) is 0. The molecule has 0 aliphatic rings. The van der Waals surface area contributed by atoms with E-state index in [-0.39, 0.29) is 0 Å². The lowest BCUT2D eigenvalue weighted by Crippen LogP contribution is -2.02. The van der Waals surface area contributed by atoms with E-state index in [9.17, 15) is 0 Å². The number of rotatable bonds is 5. The van der Waals surface area contributed by atoms with Crippen molar-refractivity contribution in [2.45, 2.75) is 26.3 Å². The van der Waals surface area contributed by atoms with Gasteiger partial charge in [-0.1, -0.05) is 74.0 Å². The maximum absolute atomic E-state index is 4.81. The van der Waals surface area contributed by atoms with E-state index in [1.807, 2.05) is 12.1 Å². The molecule has 1 heterocycles. The Balaban J connectivity index is 2.03. The predicted molar refractivity (Wildman–Crippen MR) is 88.0 cm³/mol. The SMILES string of the molecule is CCCCn1nc(-c2ccccc2)cc1-c1ccccc1. The number of nitrogens with zero attached hydrogens (tertiary/aromatic N) is 2. The van der Waals surface area contributed by atoms with Crippen molar-refractivity contribution in [3.05, 3.63) is 66.7 Å². The van der Waals surface area contributed by atoms with E-state index in [1.54, 1.807) is 0 Å². The lowest BCUT2D eigenvalue weighted by molar-refractivity contribution is 0.578. The lowest BCUT2D eigenvalue weighted by Gasteiger charge is -2.06. The van der Waals surface area contributed by atoms with Gasteiger partial charge in [0, 0.05) is 12.1 Å². The fraction of sp³-hybridized carbons (Fsp3) is 0.211. The van der Waals surface area contributed by atoms with E-state index in [1.165, 1.54) is 23.2 Å². The van der Waals surface area contributed by atoms with Crippen LogP contribution in [0.3, 0.4) is 0 Å². The third-order valence-electron chi connectivity index (χ3n) is 3.64. The molecule has 0 spiro atoms. The second-order valence-electron chi connectivity index (χ2n) is 5.22. The average Bonchev–Trinajstić information content (AvgIpc) is 2.99. The van der Waals surface area contributed by atoms with Crippen LogP contribution in [0, 0.1) is 0 Å². The van der Waals surface area contributed by atoms with Crippen molar-refractivity contribution in [3.63, 3.8) is 0 Å². The van der Waals surface area contributed by atoms with E-state index < -0.39 is 0 Å². The van der Waals surface area contributed by atoms with Crippen LogP contribution < -0.4 is 0 Å². The zero-order chi connectivity index (χ0) is 14.5. The highest BCUT2D eigenvalue weighted by molar-refractivity contribution is 5.68. The summed E-state index contributed by atoms with van der Waals surface area (Å²) < 4.78 is 2.14. The van der Waals surface area contributed by atoms with Gasteiger partial charge in [-0.05, 0) is 18.1 Å². The standard InChI is InChI=1S/C19H20N2/c1-2-3-14-21-19(17-12-8-5-9-13-17)15-18(20-21)16-10-6-4-7-11-16/h4-13,15H,2-3,14H2,1H3. The number of aromatic nitrogens is 2. The van der Waals surface area contributed by atoms with Gasteiger partial charge in [0.05, 0.1) is 11.4 Å². The predicted octanol–water partition coefficient (Wildman–Crippen LogP) is 5.02. The van der Waals surface area contributed by atoms with Crippen LogP contribution >= 0.6 is 0 Å². The second kappa shape index (κ2) is 6.40. The molecule has 3 aromatic rings. The molecule has 0 amide bonds. The molecule has 0 saturated heterocycles. The van der Waals surface area contributed by atoms with Gasteiger partial charge in [0.25, 0.3) is 0 Å². The molecule has 2 aromatic carbocycles. The van der Waals surface area contributed by atoms with E-state index in [4.69, 9.17) is 5.10 Å². The normalized spacial score (nSPS) is 10.7. The molecule has 0 fully saturated rings. The third-order valence-corrected chi connectivity index (χ3v) is 3.64. The smallest absolute Gasteiger partial charge is 0.0929 e. The summed E-state index contributed by atoms with van der Waals surface area (Å²) in [5.41, 5.74) is 4.64. The first-order valence-electron chi connectivity index (χ1n) is 7.57. The Morgan fingerprint density at radius 2 is 1.48 bits per heavy atom. The molecule has 3 rings (SSSR count). The first-order valence-corrected chi connectivity index (χ1v) is 7.57. The van der Waals surface area contributed by atoms with Gasteiger partial charge in [-0.2, -0.15) is 5.10 Å². The maximum Gasteiger partial charge on any atom is 0.0929 e. The zero-order valence-corrected chi connectivity index (χ0v) is 12.4. The second-order valence-corrected chi connectivity index (χ2v) is 5.22. The van der Waals surface area contributed by atoms with E-state index in [0.29, 0.717) is 0 Å². The Kier molecular flexibility index (Phi) is 4.15. The number of hydrogen-bond donors (Lipinski definition) is 0. The lowest BCUT2D eigenvalue weighted by atomic mass is 10.1. The van der Waals surface area contributed by atoms with Crippen molar-refractivity contribution < 1.29 is 0 Å². The highest BCUT2D eigenvalue weighted by atomic mass is 15.3. The Bertz CT molecular complexity index is 684. The summed E-state index contributed by atoms with van der Waals surface area (Å²) in [4.78, 5) is 0. The summed E-state index contributed by atoms with van der Waals surface area (Å²) >= 11 is 0. The Hall–Kier alpha value is -2.35. The summed E-state index contributed by atoms with van der Waals surface area (Å²) in [6.45, 7) is 3.18. The molecule has 2 nitrogen and oxygen atoms in total. The molecule has 0 atom stereocenters. The topological polar surface area (TPSA) is 17.8 Å². The molecule has 0 bridgehead atoms. The van der Waals surface area contributed by atoms with Gasteiger partial charge in [0.2, 0.25) is 0 Å². The van der Waals surface area contributed by atoms with Crippen LogP contribution in [0.1, 0.15) is 19.8 Å². The average molecular weight is 276 g/mol. The van der Waals surface area contributed by atoms with E-state index in [0.717, 1.165) is 18.7 Å². The van der Waals surface area contributed by atoms with Gasteiger partial charge in [-0.25, -0.2) is 0 Å². The van der Waals surface area contributed by atoms with Crippen molar-refractivity contribution in [1.82, 2.24) is 9.78 Å². The molecular weight excluding hydrogens is 256 g/mol. The number of benzene rings is 2. The fourth-order valence-corrected chi connectivity index (χ4v) is 2.49. The first-order chi connectivity index (χ1) is 10.4. The molecule has 106 valence electrons. The molecule has 0 radical (unpaired) electrons. The fourth-order valence-electron chi connectivity index (χ4n) is 2.49. The minimum atomic E-state index is 0.966. The minimum absolute atomic E-state index is 0.966. The van der Waals surface area contributed by atoms with Crippen LogP contribution in [-0.4, -0.2) is 9.78 Å². The van der Waals surface area contributed by atoms with Crippen LogP contribution in [0.4, 0.5) is 0 Å². The first kappa shape index (κ1) is 13.6. The van der Waals surface area contributed by atoms with Crippen molar-refractivity contribution in [3.8, 4) is 22.5 Å². The molecule has 0 aliphatic heterocycles. The van der Waals surface area contributed by atoms with Crippen LogP contribution in [0.25, 0.3) is 22.5 Å². The van der Waals surface area contributed by atoms with Crippen LogP contribution in [-0.2, 0) is 6.54 Å². The number of aryl methyl sites for hydroxylation is 1. The van der Waals surface area contributed by atoms with E-state index in [2.05, 4.69) is 66.2 Å². The van der Waals surface area contributed by atoms with Gasteiger partial charge in [0.15, 0.2) is 0 Å². The maximum atomic E-state index is 4.81. The zero-order valence-electron chi connectivity index (χ0n) is 12.4. The highest BCUT2D eigenvalue weighted by Crippen LogP contribution is 2.26. The molecule has 21 heavy (non-hydrogen) atoms. The number of unbranched alkanes of at least 4 members (excludes halogenated alkanes) is 1. The molecule has 0 unspecified atom stereocenters. The largest absolute Gasteiger partial charge is 0.264 e. The third kappa shape index (κ3) is 3.05. The Labute approximate surface area is 126 Å². The van der Waals surface area contributed by atoms with Crippen molar-refractivity contribution in [2.75, 3.05) is 0 Å². The Morgan fingerprint density at radius 1 is 0.857 bits per heavy atom. The van der Waals surface area contributed by atoms with Gasteiger partial charge in [-0.15, -0.1) is 0 Å². The molecule has 0 N–H and O–H groups in total. The summed E-state index contributed by atoms with van der Waals surface area (Å²) in [7, 11) is 0. The van der Waals surface area contributed by atoms with Crippen LogP contribution in [0.5, 0.6) is 0 Å². The quantitative estimate of drug-likeness (QED) is 0.640. The monoisotopic (exact) mass is 276 g/mol. The van der Waals surface area contributed by atoms with Gasteiger partial charge in [0.1, 0.15) is 0 Å². The van der Waals surface area contributed by atoms with Crippen LogP contribution in [0.2, 0.25) is 0 Å². The minimum Gasteiger partial charge on any atom is -0.264 e. The molecular formula is C19H20N2. The van der Waals surface area contributed by atoms with Crippen molar-refractivity contribution in [1.29, 1.82) is 0 Å². The Morgan fingerprint density at radius 3 is 2.10 bits per heavy atom. The molecule has 2 heteroatoms. The molecule has 0 aliphatic carbocycles. The molecule has 0 saturated carbocycles. The number of hydrogen-bond acceptors (Lipinski definition) is 1. The summed E-state index contributed by atoms with van der Waals surface area (Å²) in [6.07, 6.45) is 2.32. The summed E-state index contributed by atoms with van der Waals surface area (Å²) in [6, 6.07) is 23.1. The van der Waals surface area contributed by atoms with Gasteiger partial charge < -0.3 is 0 Å². The van der Waals surface area contributed by atoms with Crippen LogP contribution in [0.15, 0.2) is 66.7 Å². The highest BCUT2D eigenvalue weighted by Gasteiger charge is 2.10. The van der Waals surface area contributed by atoms with Gasteiger partial charge >= 0.3 is 0 Å². The van der Waals surface area contributed by atoms with Gasteiger partial charge in [-0.3, -0.25) is 4.68 Å². The van der Waals surface area contributed by atoms with Crippen molar-refractivity contribution >= 4 is 0 Å².